The highest BCUT2D eigenvalue weighted by molar-refractivity contribution is 7.52. The van der Waals surface area contributed by atoms with Gasteiger partial charge >= 0.3 is 7.82 Å². The Kier molecular flexibility index (Phi) is 10.1. The van der Waals surface area contributed by atoms with Crippen LogP contribution in [0.3, 0.4) is 0 Å². The van der Waals surface area contributed by atoms with E-state index in [1.807, 2.05) is 58.9 Å². The third-order valence-electron chi connectivity index (χ3n) is 2.23. The van der Waals surface area contributed by atoms with E-state index in [2.05, 4.69) is 24.8 Å². The summed E-state index contributed by atoms with van der Waals surface area (Å²) in [5, 5.41) is 4.08. The maximum Gasteiger partial charge on any atom is 0.455 e. The van der Waals surface area contributed by atoms with Crippen LogP contribution in [0.2, 0.25) is 78.6 Å². The zero-order valence-electron chi connectivity index (χ0n) is 19.2. The van der Waals surface area contributed by atoms with Gasteiger partial charge in [-0.25, -0.2) is 4.57 Å². The Morgan fingerprint density at radius 3 is 1.56 bits per heavy atom. The number of phosphoric acid groups is 1. The maximum absolute atomic E-state index is 13.2. The van der Waals surface area contributed by atoms with Crippen molar-refractivity contribution in [2.24, 2.45) is 5.16 Å². The molecule has 0 aliphatic carbocycles. The van der Waals surface area contributed by atoms with Crippen LogP contribution in [0, 0.1) is 0 Å². The first kappa shape index (κ1) is 27.4. The van der Waals surface area contributed by atoms with Gasteiger partial charge in [-0.2, -0.15) is 0 Å². The summed E-state index contributed by atoms with van der Waals surface area (Å²) in [5.74, 6) is 0. The van der Waals surface area contributed by atoms with Crippen molar-refractivity contribution in [3.05, 3.63) is 0 Å². The number of oxime groups is 1. The predicted molar refractivity (Wildman–Crippen MR) is 124 cm³/mol. The van der Waals surface area contributed by atoms with Crippen molar-refractivity contribution >= 4 is 47.3 Å². The van der Waals surface area contributed by atoms with Crippen molar-refractivity contribution in [1.29, 1.82) is 0 Å². The highest BCUT2D eigenvalue weighted by Gasteiger charge is 2.39. The molecule has 0 saturated carbocycles. The minimum Gasteiger partial charge on any atom is -0.456 e. The lowest BCUT2D eigenvalue weighted by molar-refractivity contribution is 0.138. The van der Waals surface area contributed by atoms with Crippen molar-refractivity contribution in [1.82, 2.24) is 0 Å². The van der Waals surface area contributed by atoms with Gasteiger partial charge in [-0.05, 0) is 78.6 Å². The summed E-state index contributed by atoms with van der Waals surface area (Å²) in [5.41, 5.74) is 0. The molecular weight excluding hydrogens is 433 g/mol. The summed E-state index contributed by atoms with van der Waals surface area (Å²) < 4.78 is 42.2. The largest absolute Gasteiger partial charge is 0.456 e. The highest BCUT2D eigenvalue weighted by atomic mass is 31.2. The van der Waals surface area contributed by atoms with Gasteiger partial charge in [0.15, 0.2) is 25.0 Å². The van der Waals surface area contributed by atoms with Crippen LogP contribution >= 0.6 is 7.82 Å². The van der Waals surface area contributed by atoms with Crippen molar-refractivity contribution < 1.29 is 26.5 Å². The molecule has 0 aromatic rings. The molecule has 27 heavy (non-hydrogen) atoms. The molecule has 0 radical (unpaired) electrons. The topological polar surface area (TPSA) is 75.6 Å². The van der Waals surface area contributed by atoms with Crippen LogP contribution in [0.1, 0.15) is 0 Å². The normalized spacial score (nSPS) is 16.0. The minimum atomic E-state index is -3.68. The van der Waals surface area contributed by atoms with Crippen LogP contribution in [0.4, 0.5) is 0 Å². The van der Waals surface area contributed by atoms with Crippen LogP contribution in [-0.4, -0.2) is 52.2 Å². The Labute approximate surface area is 170 Å². The number of hydrogen-bond donors (Lipinski definition) is 0. The maximum atomic E-state index is 13.2. The fourth-order valence-electron chi connectivity index (χ4n) is 1.72. The summed E-state index contributed by atoms with van der Waals surface area (Å²) >= 11 is 0. The molecule has 162 valence electrons. The Morgan fingerprint density at radius 1 is 0.778 bits per heavy atom. The van der Waals surface area contributed by atoms with Crippen molar-refractivity contribution in [2.45, 2.75) is 84.7 Å². The second kappa shape index (κ2) is 9.94. The van der Waals surface area contributed by atoms with Gasteiger partial charge in [0.05, 0.1) is 12.8 Å². The van der Waals surface area contributed by atoms with Crippen molar-refractivity contribution in [3.63, 3.8) is 0 Å². The van der Waals surface area contributed by atoms with Gasteiger partial charge in [0, 0.05) is 0 Å². The molecule has 12 heteroatoms. The Bertz CT molecular complexity index is 514. The molecule has 1 atom stereocenters. The smallest absolute Gasteiger partial charge is 0.455 e. The Balaban J connectivity index is 5.31. The fourth-order valence-corrected chi connectivity index (χ4v) is 9.74. The summed E-state index contributed by atoms with van der Waals surface area (Å²) in [6.07, 6.45) is 1.11. The van der Waals surface area contributed by atoms with E-state index in [4.69, 9.17) is 21.9 Å². The quantitative estimate of drug-likeness (QED) is 0.153. The van der Waals surface area contributed by atoms with E-state index in [0.717, 1.165) is 0 Å². The van der Waals surface area contributed by atoms with E-state index in [1.54, 1.807) is 6.21 Å². The monoisotopic (exact) mass is 473 g/mol. The summed E-state index contributed by atoms with van der Waals surface area (Å²) in [6, 6.07) is 0. The molecule has 0 rings (SSSR count). The lowest BCUT2D eigenvalue weighted by Gasteiger charge is -2.31. The summed E-state index contributed by atoms with van der Waals surface area (Å²) in [7, 11) is -11.6. The number of hydrogen-bond acceptors (Lipinski definition) is 7. The molecular formula is C15H40NO6PSi4. The Hall–Kier alpha value is 0.408. The fraction of sp³-hybridized carbons (Fsp3) is 0.933. The van der Waals surface area contributed by atoms with Gasteiger partial charge in [-0.1, -0.05) is 0 Å². The van der Waals surface area contributed by atoms with Gasteiger partial charge in [-0.15, -0.1) is 5.16 Å². The third kappa shape index (κ3) is 17.0. The SMILES string of the molecule is C[Si](C)(C)O/N=C/[C@H](COP(=O)(O[Si](C)(C)C)O[Si](C)(C)C)O[Si](C)(C)C. The molecule has 0 heterocycles. The van der Waals surface area contributed by atoms with E-state index in [0.29, 0.717) is 0 Å². The zero-order chi connectivity index (χ0) is 21.7. The second-order valence-electron chi connectivity index (χ2n) is 10.4. The van der Waals surface area contributed by atoms with E-state index in [9.17, 15) is 4.57 Å². The molecule has 0 N–H and O–H groups in total. The van der Waals surface area contributed by atoms with Crippen LogP contribution in [0.5, 0.6) is 0 Å². The van der Waals surface area contributed by atoms with Crippen molar-refractivity contribution in [2.75, 3.05) is 6.61 Å². The lowest BCUT2D eigenvalue weighted by Crippen LogP contribution is -2.37. The molecule has 7 nitrogen and oxygen atoms in total. The van der Waals surface area contributed by atoms with Gasteiger partial charge in [0.2, 0.25) is 0 Å². The first-order valence-electron chi connectivity index (χ1n) is 9.25. The predicted octanol–water partition coefficient (Wildman–Crippen LogP) is 5.87. The standard InChI is InChI=1S/C15H40NO6PSi4/c1-24(2,3)19-15(13-16-20-25(4,5)6)14-18-23(17,21-26(7,8)9)22-27(10,11)12/h13,15H,14H2,1-12H3/b16-13+/t15-/m1/s1. The average Bonchev–Trinajstić information content (AvgIpc) is 2.27. The van der Waals surface area contributed by atoms with Gasteiger partial charge in [-0.3, -0.25) is 4.52 Å². The molecule has 0 fully saturated rings. The molecule has 0 unspecified atom stereocenters. The van der Waals surface area contributed by atoms with Gasteiger partial charge in [0.25, 0.3) is 8.32 Å². The first-order valence-corrected chi connectivity index (χ1v) is 24.3. The molecule has 0 saturated heterocycles. The van der Waals surface area contributed by atoms with Crippen LogP contribution in [0.25, 0.3) is 0 Å². The lowest BCUT2D eigenvalue weighted by atomic mass is 10.4. The third-order valence-corrected chi connectivity index (χ3v) is 10.5. The van der Waals surface area contributed by atoms with Gasteiger partial charge < -0.3 is 17.4 Å². The summed E-state index contributed by atoms with van der Waals surface area (Å²) in [6.45, 7) is 24.1. The molecule has 0 bridgehead atoms. The van der Waals surface area contributed by atoms with E-state index < -0.39 is 47.2 Å². The van der Waals surface area contributed by atoms with Crippen molar-refractivity contribution in [3.8, 4) is 0 Å². The Morgan fingerprint density at radius 2 is 1.22 bits per heavy atom. The molecule has 0 aromatic carbocycles. The number of nitrogens with zero attached hydrogens (tertiary/aromatic N) is 1. The molecule has 0 aromatic heterocycles. The van der Waals surface area contributed by atoms with Gasteiger partial charge in [0.1, 0.15) is 6.10 Å². The summed E-state index contributed by atoms with van der Waals surface area (Å²) in [4.78, 5) is 0. The molecule has 0 aliphatic rings. The van der Waals surface area contributed by atoms with Crippen LogP contribution < -0.4 is 0 Å². The van der Waals surface area contributed by atoms with Crippen LogP contribution in [0.15, 0.2) is 5.16 Å². The van der Waals surface area contributed by atoms with Crippen LogP contribution in [-0.2, 0) is 26.5 Å². The first-order chi connectivity index (χ1) is 11.7. The zero-order valence-corrected chi connectivity index (χ0v) is 24.1. The molecule has 0 spiro atoms. The molecule has 0 amide bonds. The van der Waals surface area contributed by atoms with E-state index in [1.165, 1.54) is 0 Å². The van der Waals surface area contributed by atoms with E-state index in [-0.39, 0.29) is 6.61 Å². The van der Waals surface area contributed by atoms with E-state index >= 15 is 0 Å². The number of rotatable bonds is 12. The minimum absolute atomic E-state index is 0.0368. The molecule has 0 aliphatic heterocycles. The average molecular weight is 474 g/mol. The highest BCUT2D eigenvalue weighted by Crippen LogP contribution is 2.54. The second-order valence-corrected chi connectivity index (χ2v) is 30.3.